The number of alkyl halides is 2. The number of hydrogen-bond donors (Lipinski definition) is 1. The lowest BCUT2D eigenvalue weighted by atomic mass is 10.1. The van der Waals surface area contributed by atoms with Crippen molar-refractivity contribution in [3.63, 3.8) is 0 Å². The van der Waals surface area contributed by atoms with E-state index in [9.17, 15) is 13.6 Å². The largest absolute Gasteiger partial charge is 0.493 e. The molecule has 0 heterocycles. The van der Waals surface area contributed by atoms with Crippen LogP contribution < -0.4 is 14.9 Å². The molecule has 2 rings (SSSR count). The number of carbonyl (C=O) groups excluding carboxylic acids is 1. The Morgan fingerprint density at radius 1 is 1.08 bits per heavy atom. The van der Waals surface area contributed by atoms with Crippen LogP contribution in [0.5, 0.6) is 11.5 Å². The first-order chi connectivity index (χ1) is 11.5. The van der Waals surface area contributed by atoms with Gasteiger partial charge in [0.15, 0.2) is 11.5 Å². The van der Waals surface area contributed by atoms with Gasteiger partial charge in [0.2, 0.25) is 0 Å². The van der Waals surface area contributed by atoms with Gasteiger partial charge in [0.25, 0.3) is 5.91 Å². The summed E-state index contributed by atoms with van der Waals surface area (Å²) in [6.07, 6.45) is 0. The molecule has 126 valence electrons. The Balaban J connectivity index is 2.14. The minimum atomic E-state index is -2.94. The summed E-state index contributed by atoms with van der Waals surface area (Å²) in [5.74, 6) is -0.270. The summed E-state index contributed by atoms with van der Waals surface area (Å²) < 4.78 is 34.0. The van der Waals surface area contributed by atoms with E-state index >= 15 is 0 Å². The highest BCUT2D eigenvalue weighted by molar-refractivity contribution is 6.01. The van der Waals surface area contributed by atoms with Gasteiger partial charge in [-0.25, -0.2) is 5.43 Å². The third-order valence-electron chi connectivity index (χ3n) is 3.16. The van der Waals surface area contributed by atoms with E-state index in [0.29, 0.717) is 16.8 Å². The maximum atomic E-state index is 12.3. The van der Waals surface area contributed by atoms with Crippen molar-refractivity contribution in [3.05, 3.63) is 59.7 Å². The number of hydrazone groups is 1. The Morgan fingerprint density at radius 3 is 2.42 bits per heavy atom. The summed E-state index contributed by atoms with van der Waals surface area (Å²) in [7, 11) is 1.35. The number of nitrogens with one attached hydrogen (secondary N) is 1. The molecular weight excluding hydrogens is 318 g/mol. The van der Waals surface area contributed by atoms with E-state index in [0.717, 1.165) is 0 Å². The van der Waals surface area contributed by atoms with Crippen molar-refractivity contribution in [2.45, 2.75) is 13.5 Å². The van der Waals surface area contributed by atoms with E-state index in [1.807, 2.05) is 0 Å². The van der Waals surface area contributed by atoms with Crippen LogP contribution in [0.4, 0.5) is 8.78 Å². The summed E-state index contributed by atoms with van der Waals surface area (Å²) in [5, 5.41) is 4.01. The minimum absolute atomic E-state index is 0.0719. The molecule has 0 spiro atoms. The maximum Gasteiger partial charge on any atom is 0.387 e. The maximum absolute atomic E-state index is 12.3. The molecule has 1 N–H and O–H groups in total. The molecule has 0 unspecified atom stereocenters. The zero-order valence-corrected chi connectivity index (χ0v) is 13.1. The first-order valence-corrected chi connectivity index (χ1v) is 7.04. The molecule has 5 nitrogen and oxygen atoms in total. The Labute approximate surface area is 137 Å². The summed E-state index contributed by atoms with van der Waals surface area (Å²) >= 11 is 0. The standard InChI is InChI=1S/C17H16F2N2O3/c1-11(20-21-16(22)12-6-4-3-5-7-12)13-8-9-14(24-17(18)19)15(10-13)23-2/h3-10,17H,1-2H3,(H,21,22)/b20-11-. The van der Waals surface area contributed by atoms with Crippen LogP contribution in [0, 0.1) is 0 Å². The molecule has 0 fully saturated rings. The number of benzene rings is 2. The molecule has 1 amide bonds. The van der Waals surface area contributed by atoms with Crippen LogP contribution in [0.2, 0.25) is 0 Å². The Hall–Kier alpha value is -2.96. The fourth-order valence-corrected chi connectivity index (χ4v) is 1.94. The molecule has 24 heavy (non-hydrogen) atoms. The number of rotatable bonds is 6. The van der Waals surface area contributed by atoms with E-state index in [1.54, 1.807) is 43.3 Å². The average Bonchev–Trinajstić information content (AvgIpc) is 2.60. The molecular formula is C17H16F2N2O3. The highest BCUT2D eigenvalue weighted by Gasteiger charge is 2.12. The number of hydrogen-bond acceptors (Lipinski definition) is 4. The van der Waals surface area contributed by atoms with Crippen LogP contribution in [-0.4, -0.2) is 25.3 Å². The molecule has 0 radical (unpaired) electrons. The predicted octanol–water partition coefficient (Wildman–Crippen LogP) is 3.45. The Morgan fingerprint density at radius 2 is 1.79 bits per heavy atom. The number of amides is 1. The van der Waals surface area contributed by atoms with Crippen LogP contribution in [0.1, 0.15) is 22.8 Å². The van der Waals surface area contributed by atoms with Gasteiger partial charge >= 0.3 is 6.61 Å². The number of halogens is 2. The molecule has 0 aromatic heterocycles. The molecule has 0 aliphatic heterocycles. The van der Waals surface area contributed by atoms with Crippen molar-refractivity contribution in [2.24, 2.45) is 5.10 Å². The van der Waals surface area contributed by atoms with Crippen LogP contribution in [0.25, 0.3) is 0 Å². The zero-order valence-electron chi connectivity index (χ0n) is 13.1. The van der Waals surface area contributed by atoms with Gasteiger partial charge in [-0.1, -0.05) is 18.2 Å². The van der Waals surface area contributed by atoms with E-state index in [2.05, 4.69) is 15.3 Å². The highest BCUT2D eigenvalue weighted by Crippen LogP contribution is 2.29. The van der Waals surface area contributed by atoms with Gasteiger partial charge in [-0.3, -0.25) is 4.79 Å². The molecule has 0 saturated carbocycles. The van der Waals surface area contributed by atoms with E-state index < -0.39 is 6.61 Å². The Kier molecular flexibility index (Phi) is 5.83. The predicted molar refractivity (Wildman–Crippen MR) is 85.7 cm³/mol. The number of ether oxygens (including phenoxy) is 2. The monoisotopic (exact) mass is 334 g/mol. The number of nitrogens with zero attached hydrogens (tertiary/aromatic N) is 1. The molecule has 7 heteroatoms. The highest BCUT2D eigenvalue weighted by atomic mass is 19.3. The number of methoxy groups -OCH3 is 1. The van der Waals surface area contributed by atoms with Gasteiger partial charge < -0.3 is 9.47 Å². The van der Waals surface area contributed by atoms with Gasteiger partial charge in [-0.2, -0.15) is 13.9 Å². The molecule has 2 aromatic carbocycles. The van der Waals surface area contributed by atoms with Gasteiger partial charge in [0.1, 0.15) is 0 Å². The van der Waals surface area contributed by atoms with Crippen LogP contribution in [0.15, 0.2) is 53.6 Å². The van der Waals surface area contributed by atoms with Crippen LogP contribution in [-0.2, 0) is 0 Å². The van der Waals surface area contributed by atoms with Crippen LogP contribution >= 0.6 is 0 Å². The second-order valence-corrected chi connectivity index (χ2v) is 4.75. The van der Waals surface area contributed by atoms with Crippen molar-refractivity contribution in [1.29, 1.82) is 0 Å². The average molecular weight is 334 g/mol. The van der Waals surface area contributed by atoms with Crippen molar-refractivity contribution in [2.75, 3.05) is 7.11 Å². The first-order valence-electron chi connectivity index (χ1n) is 7.04. The van der Waals surface area contributed by atoms with Gasteiger partial charge in [-0.05, 0) is 37.3 Å². The summed E-state index contributed by atoms with van der Waals surface area (Å²) in [6.45, 7) is -1.27. The molecule has 0 saturated heterocycles. The third-order valence-corrected chi connectivity index (χ3v) is 3.16. The fraction of sp³-hybridized carbons (Fsp3) is 0.176. The van der Waals surface area contributed by atoms with E-state index in [1.165, 1.54) is 19.2 Å². The SMILES string of the molecule is COc1cc(/C(C)=N\NC(=O)c2ccccc2)ccc1OC(F)F. The summed E-state index contributed by atoms with van der Waals surface area (Å²) in [5.41, 5.74) is 4.00. The summed E-state index contributed by atoms with van der Waals surface area (Å²) in [4.78, 5) is 11.9. The second kappa shape index (κ2) is 8.05. The van der Waals surface area contributed by atoms with Crippen LogP contribution in [0.3, 0.4) is 0 Å². The zero-order chi connectivity index (χ0) is 17.5. The summed E-state index contributed by atoms with van der Waals surface area (Å²) in [6, 6.07) is 13.0. The van der Waals surface area contributed by atoms with E-state index in [4.69, 9.17) is 4.74 Å². The fourth-order valence-electron chi connectivity index (χ4n) is 1.94. The molecule has 0 bridgehead atoms. The lowest BCUT2D eigenvalue weighted by Crippen LogP contribution is -2.19. The smallest absolute Gasteiger partial charge is 0.387 e. The second-order valence-electron chi connectivity index (χ2n) is 4.75. The van der Waals surface area contributed by atoms with E-state index in [-0.39, 0.29) is 17.4 Å². The van der Waals surface area contributed by atoms with Crippen molar-refractivity contribution in [3.8, 4) is 11.5 Å². The van der Waals surface area contributed by atoms with Gasteiger partial charge in [0, 0.05) is 11.1 Å². The molecule has 0 aliphatic rings. The third kappa shape index (κ3) is 4.52. The van der Waals surface area contributed by atoms with Crippen molar-refractivity contribution >= 4 is 11.6 Å². The molecule has 0 atom stereocenters. The quantitative estimate of drug-likeness (QED) is 0.650. The van der Waals surface area contributed by atoms with Crippen molar-refractivity contribution in [1.82, 2.24) is 5.43 Å². The topological polar surface area (TPSA) is 59.9 Å². The van der Waals surface area contributed by atoms with Crippen molar-refractivity contribution < 1.29 is 23.0 Å². The lowest BCUT2D eigenvalue weighted by molar-refractivity contribution is -0.0512. The normalized spacial score (nSPS) is 11.3. The van der Waals surface area contributed by atoms with Gasteiger partial charge in [0.05, 0.1) is 12.8 Å². The molecule has 2 aromatic rings. The first kappa shape index (κ1) is 17.4. The molecule has 0 aliphatic carbocycles. The Bertz CT molecular complexity index is 734. The van der Waals surface area contributed by atoms with Gasteiger partial charge in [-0.15, -0.1) is 0 Å². The minimum Gasteiger partial charge on any atom is -0.493 e. The lowest BCUT2D eigenvalue weighted by Gasteiger charge is -2.11. The number of carbonyl (C=O) groups is 1.